The number of aryl methyl sites for hydroxylation is 1. The molecule has 14 heavy (non-hydrogen) atoms. The first-order valence-corrected chi connectivity index (χ1v) is 6.12. The zero-order valence-electron chi connectivity index (χ0n) is 8.73. The zero-order chi connectivity index (χ0) is 9.97. The lowest BCUT2D eigenvalue weighted by Crippen LogP contribution is -2.32. The van der Waals surface area contributed by atoms with E-state index in [1.807, 2.05) is 17.9 Å². The summed E-state index contributed by atoms with van der Waals surface area (Å²) >= 11 is 2.06. The molecule has 1 aromatic rings. The normalized spacial score (nSPS) is 27.0. The maximum absolute atomic E-state index is 4.30. The van der Waals surface area contributed by atoms with Crippen LogP contribution in [-0.4, -0.2) is 26.6 Å². The molecule has 0 aliphatic carbocycles. The number of nitrogens with zero attached hydrogens (tertiary/aromatic N) is 2. The molecule has 78 valence electrons. The van der Waals surface area contributed by atoms with E-state index in [-0.39, 0.29) is 0 Å². The molecule has 2 heterocycles. The highest BCUT2D eigenvalue weighted by Crippen LogP contribution is 2.26. The summed E-state index contributed by atoms with van der Waals surface area (Å²) in [5, 5.41) is 4.31. The molecule has 1 aliphatic rings. The molecule has 1 saturated heterocycles. The van der Waals surface area contributed by atoms with Crippen LogP contribution in [0.3, 0.4) is 0 Å². The molecule has 1 aliphatic heterocycles. The summed E-state index contributed by atoms with van der Waals surface area (Å²) in [5.41, 5.74) is 1.14. The Morgan fingerprint density at radius 2 is 2.57 bits per heavy atom. The zero-order valence-corrected chi connectivity index (χ0v) is 9.55. The predicted octanol–water partition coefficient (Wildman–Crippen LogP) is 1.40. The van der Waals surface area contributed by atoms with E-state index in [9.17, 15) is 0 Å². The van der Waals surface area contributed by atoms with Crippen LogP contribution in [0.15, 0.2) is 12.5 Å². The molecule has 0 saturated carbocycles. The van der Waals surface area contributed by atoms with E-state index < -0.39 is 0 Å². The minimum absolute atomic E-state index is 0.669. The molecule has 3 nitrogen and oxygen atoms in total. The van der Waals surface area contributed by atoms with Gasteiger partial charge in [0.2, 0.25) is 0 Å². The minimum atomic E-state index is 0.669. The van der Waals surface area contributed by atoms with Gasteiger partial charge in [0.15, 0.2) is 0 Å². The molecule has 0 amide bonds. The molecule has 2 rings (SSSR count). The van der Waals surface area contributed by atoms with Crippen molar-refractivity contribution in [1.82, 2.24) is 14.9 Å². The van der Waals surface area contributed by atoms with Crippen molar-refractivity contribution in [2.45, 2.75) is 31.2 Å². The number of imidazole rings is 1. The van der Waals surface area contributed by atoms with E-state index in [1.54, 1.807) is 0 Å². The van der Waals surface area contributed by atoms with Gasteiger partial charge in [0.25, 0.3) is 0 Å². The Bertz CT molecular complexity index is 297. The summed E-state index contributed by atoms with van der Waals surface area (Å²) in [4.78, 5) is 4.30. The summed E-state index contributed by atoms with van der Waals surface area (Å²) in [5.74, 6) is 1.29. The van der Waals surface area contributed by atoms with Crippen LogP contribution in [0.25, 0.3) is 0 Å². The Balaban J connectivity index is 1.82. The second-order valence-electron chi connectivity index (χ2n) is 3.88. The topological polar surface area (TPSA) is 29.9 Å². The fraction of sp³-hybridized carbons (Fsp3) is 0.700. The van der Waals surface area contributed by atoms with Crippen LogP contribution in [-0.2, 0) is 13.6 Å². The summed E-state index contributed by atoms with van der Waals surface area (Å²) in [6.07, 6.45) is 5.21. The Labute approximate surface area is 89.3 Å². The monoisotopic (exact) mass is 211 g/mol. The quantitative estimate of drug-likeness (QED) is 0.819. The Morgan fingerprint density at radius 1 is 1.71 bits per heavy atom. The third-order valence-corrected chi connectivity index (χ3v) is 4.01. The maximum Gasteiger partial charge on any atom is 0.0947 e. The standard InChI is InChI=1S/C10H17N3S/c1-8-10(3-4-14-8)11-5-9-6-13(2)7-12-9/h6-8,10-11H,3-5H2,1-2H3. The molecular weight excluding hydrogens is 194 g/mol. The minimum Gasteiger partial charge on any atom is -0.340 e. The first-order chi connectivity index (χ1) is 6.75. The Morgan fingerprint density at radius 3 is 3.14 bits per heavy atom. The first-order valence-electron chi connectivity index (χ1n) is 5.07. The maximum atomic E-state index is 4.30. The van der Waals surface area contributed by atoms with Gasteiger partial charge < -0.3 is 9.88 Å². The van der Waals surface area contributed by atoms with Crippen LogP contribution in [0.4, 0.5) is 0 Å². The average molecular weight is 211 g/mol. The second kappa shape index (κ2) is 4.36. The first kappa shape index (κ1) is 10.1. The Kier molecular flexibility index (Phi) is 3.13. The molecule has 2 atom stereocenters. The number of aromatic nitrogens is 2. The van der Waals surface area contributed by atoms with Crippen LogP contribution in [0.2, 0.25) is 0 Å². The summed E-state index contributed by atoms with van der Waals surface area (Å²) in [6.45, 7) is 3.20. The van der Waals surface area contributed by atoms with Gasteiger partial charge in [-0.15, -0.1) is 0 Å². The van der Waals surface area contributed by atoms with Gasteiger partial charge in [0, 0.05) is 31.1 Å². The van der Waals surface area contributed by atoms with Gasteiger partial charge in [-0.05, 0) is 12.2 Å². The van der Waals surface area contributed by atoms with Gasteiger partial charge in [0.1, 0.15) is 0 Å². The van der Waals surface area contributed by atoms with E-state index in [0.29, 0.717) is 6.04 Å². The molecule has 1 aromatic heterocycles. The van der Waals surface area contributed by atoms with Gasteiger partial charge in [-0.25, -0.2) is 4.98 Å². The van der Waals surface area contributed by atoms with Gasteiger partial charge in [-0.1, -0.05) is 6.92 Å². The summed E-state index contributed by atoms with van der Waals surface area (Å²) < 4.78 is 1.99. The number of hydrogen-bond acceptors (Lipinski definition) is 3. The average Bonchev–Trinajstić information content (AvgIpc) is 2.72. The van der Waals surface area contributed by atoms with Crippen molar-refractivity contribution in [3.05, 3.63) is 18.2 Å². The lowest BCUT2D eigenvalue weighted by Gasteiger charge is -2.15. The van der Waals surface area contributed by atoms with Crippen LogP contribution in [0.5, 0.6) is 0 Å². The smallest absolute Gasteiger partial charge is 0.0947 e. The van der Waals surface area contributed by atoms with E-state index in [0.717, 1.165) is 17.5 Å². The third-order valence-electron chi connectivity index (χ3n) is 2.68. The fourth-order valence-corrected chi connectivity index (χ4v) is 3.02. The van der Waals surface area contributed by atoms with E-state index in [2.05, 4.69) is 35.2 Å². The second-order valence-corrected chi connectivity index (χ2v) is 5.37. The molecule has 2 unspecified atom stereocenters. The largest absolute Gasteiger partial charge is 0.340 e. The fourth-order valence-electron chi connectivity index (χ4n) is 1.79. The van der Waals surface area contributed by atoms with E-state index in [1.165, 1.54) is 12.2 Å². The van der Waals surface area contributed by atoms with Gasteiger partial charge >= 0.3 is 0 Å². The van der Waals surface area contributed by atoms with Crippen LogP contribution >= 0.6 is 11.8 Å². The molecule has 0 radical (unpaired) electrons. The highest BCUT2D eigenvalue weighted by Gasteiger charge is 2.23. The van der Waals surface area contributed by atoms with Crippen molar-refractivity contribution in [3.63, 3.8) is 0 Å². The van der Waals surface area contributed by atoms with Crippen molar-refractivity contribution in [2.24, 2.45) is 7.05 Å². The Hall–Kier alpha value is -0.480. The number of thioether (sulfide) groups is 1. The van der Waals surface area contributed by atoms with Crippen LogP contribution < -0.4 is 5.32 Å². The van der Waals surface area contributed by atoms with Crippen molar-refractivity contribution in [1.29, 1.82) is 0 Å². The molecule has 0 spiro atoms. The molecular formula is C10H17N3S. The van der Waals surface area contributed by atoms with E-state index >= 15 is 0 Å². The van der Waals surface area contributed by atoms with Crippen molar-refractivity contribution in [3.8, 4) is 0 Å². The number of nitrogens with one attached hydrogen (secondary N) is 1. The van der Waals surface area contributed by atoms with Crippen LogP contribution in [0, 0.1) is 0 Å². The molecule has 0 bridgehead atoms. The van der Waals surface area contributed by atoms with Crippen molar-refractivity contribution in [2.75, 3.05) is 5.75 Å². The number of hydrogen-bond donors (Lipinski definition) is 1. The van der Waals surface area contributed by atoms with Gasteiger partial charge in [-0.2, -0.15) is 11.8 Å². The highest BCUT2D eigenvalue weighted by atomic mass is 32.2. The van der Waals surface area contributed by atoms with E-state index in [4.69, 9.17) is 0 Å². The molecule has 0 aromatic carbocycles. The third kappa shape index (κ3) is 2.30. The number of rotatable bonds is 3. The van der Waals surface area contributed by atoms with Crippen LogP contribution in [0.1, 0.15) is 19.0 Å². The van der Waals surface area contributed by atoms with Gasteiger partial charge in [-0.3, -0.25) is 0 Å². The highest BCUT2D eigenvalue weighted by molar-refractivity contribution is 8.00. The molecule has 1 fully saturated rings. The SMILES string of the molecule is CC1SCCC1NCc1cn(C)cn1. The molecule has 4 heteroatoms. The predicted molar refractivity (Wildman–Crippen MR) is 60.4 cm³/mol. The summed E-state index contributed by atoms with van der Waals surface area (Å²) in [6, 6.07) is 0.669. The van der Waals surface area contributed by atoms with Crippen molar-refractivity contribution < 1.29 is 0 Å². The summed E-state index contributed by atoms with van der Waals surface area (Å²) in [7, 11) is 2.00. The lowest BCUT2D eigenvalue weighted by molar-refractivity contribution is 0.509. The van der Waals surface area contributed by atoms with Crippen molar-refractivity contribution >= 4 is 11.8 Å². The lowest BCUT2D eigenvalue weighted by atomic mass is 10.2. The van der Waals surface area contributed by atoms with Gasteiger partial charge in [0.05, 0.1) is 12.0 Å². The molecule has 1 N–H and O–H groups in total.